The molecular weight excluding hydrogens is 584 g/mol. The highest BCUT2D eigenvalue weighted by Crippen LogP contribution is 2.36. The van der Waals surface area contributed by atoms with Crippen LogP contribution in [0.5, 0.6) is 0 Å². The molecule has 5 rings (SSSR count). The number of benzene rings is 1. The number of aryl methyl sites for hydroxylation is 1. The molecule has 2 saturated heterocycles. The lowest BCUT2D eigenvalue weighted by Crippen LogP contribution is -2.54. The quantitative estimate of drug-likeness (QED) is 0.331. The van der Waals surface area contributed by atoms with Crippen LogP contribution in [0.15, 0.2) is 34.9 Å². The fourth-order valence-corrected chi connectivity index (χ4v) is 6.35. The molecule has 0 unspecified atom stereocenters. The van der Waals surface area contributed by atoms with Gasteiger partial charge in [0, 0.05) is 50.7 Å². The Morgan fingerprint density at radius 2 is 1.92 bits per heavy atom. The molecule has 3 N–H and O–H groups in total. The Labute approximate surface area is 247 Å². The second-order valence-corrected chi connectivity index (χ2v) is 11.9. The van der Waals surface area contributed by atoms with E-state index in [4.69, 9.17) is 50.8 Å². The zero-order valence-electron chi connectivity index (χ0n) is 21.5. The van der Waals surface area contributed by atoms with Gasteiger partial charge < -0.3 is 25.1 Å². The number of halogens is 4. The van der Waals surface area contributed by atoms with Crippen LogP contribution in [0.1, 0.15) is 47.7 Å². The van der Waals surface area contributed by atoms with Crippen LogP contribution >= 0.6 is 46.4 Å². The van der Waals surface area contributed by atoms with Crippen molar-refractivity contribution in [3.63, 3.8) is 0 Å². The molecule has 0 bridgehead atoms. The standard InChI is InChI=1S/C27H31Cl4N5O3/c1-35-25(22(30)13-33-35)19-12-24(39-26(19)31)27(38)34-23-14-32-16(4-7-36-8-5-17(37)6-9-36)11-18(23)15-2-3-20(28)21(29)10-15/h2-3,10,12-13,16-18,23,32,37H,4-9,11,14H2,1H3,(H,34,38)/t16-,18+,23-/m1/s1. The summed E-state index contributed by atoms with van der Waals surface area (Å²) >= 11 is 25.2. The highest BCUT2D eigenvalue weighted by Gasteiger charge is 2.34. The summed E-state index contributed by atoms with van der Waals surface area (Å²) in [7, 11) is 1.74. The van der Waals surface area contributed by atoms with Crippen LogP contribution in [-0.2, 0) is 7.05 Å². The molecule has 8 nitrogen and oxygen atoms in total. The van der Waals surface area contributed by atoms with Crippen LogP contribution in [0.25, 0.3) is 11.3 Å². The number of amides is 1. The number of carbonyl (C=O) groups is 1. The van der Waals surface area contributed by atoms with Crippen molar-refractivity contribution in [1.82, 2.24) is 25.3 Å². The molecule has 1 aromatic carbocycles. The van der Waals surface area contributed by atoms with Gasteiger partial charge in [-0.15, -0.1) is 0 Å². The van der Waals surface area contributed by atoms with E-state index in [9.17, 15) is 9.90 Å². The normalized spacial score (nSPS) is 22.8. The number of nitrogens with zero attached hydrogens (tertiary/aromatic N) is 3. The summed E-state index contributed by atoms with van der Waals surface area (Å²) in [5.41, 5.74) is 2.09. The van der Waals surface area contributed by atoms with Gasteiger partial charge in [0.05, 0.1) is 38.6 Å². The third kappa shape index (κ3) is 6.59. The summed E-state index contributed by atoms with van der Waals surface area (Å²) < 4.78 is 7.21. The topological polar surface area (TPSA) is 95.6 Å². The van der Waals surface area contributed by atoms with E-state index < -0.39 is 0 Å². The highest BCUT2D eigenvalue weighted by atomic mass is 35.5. The molecular formula is C27H31Cl4N5O3. The van der Waals surface area contributed by atoms with E-state index in [0.29, 0.717) is 32.9 Å². The zero-order valence-corrected chi connectivity index (χ0v) is 24.5. The monoisotopic (exact) mass is 613 g/mol. The summed E-state index contributed by atoms with van der Waals surface area (Å²) in [5, 5.41) is 22.1. The van der Waals surface area contributed by atoms with Crippen LogP contribution in [0, 0.1) is 0 Å². The first-order chi connectivity index (χ1) is 18.7. The maximum atomic E-state index is 13.3. The Hall–Kier alpha value is -1.78. The molecule has 0 aliphatic carbocycles. The van der Waals surface area contributed by atoms with Crippen molar-refractivity contribution < 1.29 is 14.3 Å². The van der Waals surface area contributed by atoms with Gasteiger partial charge in [0.1, 0.15) is 0 Å². The van der Waals surface area contributed by atoms with E-state index in [1.165, 1.54) is 6.20 Å². The Bertz CT molecular complexity index is 1300. The van der Waals surface area contributed by atoms with Gasteiger partial charge in [-0.05, 0) is 61.5 Å². The molecule has 2 aromatic heterocycles. The fraction of sp³-hybridized carbons (Fsp3) is 0.481. The Morgan fingerprint density at radius 1 is 1.15 bits per heavy atom. The maximum Gasteiger partial charge on any atom is 0.287 e. The summed E-state index contributed by atoms with van der Waals surface area (Å²) in [5.74, 6) is -0.271. The Balaban J connectivity index is 1.31. The van der Waals surface area contributed by atoms with Crippen LogP contribution in [-0.4, -0.2) is 70.1 Å². The number of carbonyl (C=O) groups excluding carboxylic acids is 1. The molecule has 0 saturated carbocycles. The van der Waals surface area contributed by atoms with E-state index >= 15 is 0 Å². The number of furan rings is 1. The lowest BCUT2D eigenvalue weighted by atomic mass is 9.81. The SMILES string of the molecule is Cn1ncc(Cl)c1-c1cc(C(=O)N[C@@H]2CN[C@H](CCN3CCC(O)CC3)C[C@H]2c2ccc(Cl)c(Cl)c2)oc1Cl. The predicted octanol–water partition coefficient (Wildman–Crippen LogP) is 5.38. The van der Waals surface area contributed by atoms with Gasteiger partial charge in [-0.25, -0.2) is 0 Å². The van der Waals surface area contributed by atoms with E-state index in [0.717, 1.165) is 50.9 Å². The smallest absolute Gasteiger partial charge is 0.287 e. The molecule has 3 atom stereocenters. The van der Waals surface area contributed by atoms with Crippen molar-refractivity contribution in [1.29, 1.82) is 0 Å². The van der Waals surface area contributed by atoms with Gasteiger partial charge in [-0.3, -0.25) is 9.48 Å². The third-order valence-corrected chi connectivity index (χ3v) is 9.05. The Morgan fingerprint density at radius 3 is 2.62 bits per heavy atom. The first-order valence-electron chi connectivity index (χ1n) is 13.1. The maximum absolute atomic E-state index is 13.3. The molecule has 210 valence electrons. The molecule has 2 aliphatic rings. The summed E-state index contributed by atoms with van der Waals surface area (Å²) in [4.78, 5) is 15.7. The van der Waals surface area contributed by atoms with Gasteiger partial charge in [-0.1, -0.05) is 40.9 Å². The number of hydrogen-bond donors (Lipinski definition) is 3. The first-order valence-corrected chi connectivity index (χ1v) is 14.6. The zero-order chi connectivity index (χ0) is 27.7. The van der Waals surface area contributed by atoms with E-state index in [1.54, 1.807) is 23.9 Å². The molecule has 2 fully saturated rings. The minimum atomic E-state index is -0.372. The van der Waals surface area contributed by atoms with Gasteiger partial charge >= 0.3 is 0 Å². The third-order valence-electron chi connectivity index (χ3n) is 7.75. The molecule has 1 amide bonds. The number of hydrogen-bond acceptors (Lipinski definition) is 6. The second-order valence-electron chi connectivity index (χ2n) is 10.3. The summed E-state index contributed by atoms with van der Waals surface area (Å²) in [6.45, 7) is 3.37. The minimum Gasteiger partial charge on any atom is -0.439 e. The fourth-order valence-electron chi connectivity index (χ4n) is 5.55. The number of aliphatic hydroxyl groups excluding tert-OH is 1. The molecule has 0 spiro atoms. The second kappa shape index (κ2) is 12.4. The number of rotatable bonds is 7. The lowest BCUT2D eigenvalue weighted by molar-refractivity contribution is 0.0788. The van der Waals surface area contributed by atoms with Crippen molar-refractivity contribution in [2.45, 2.75) is 49.8 Å². The molecule has 2 aliphatic heterocycles. The van der Waals surface area contributed by atoms with E-state index in [-0.39, 0.29) is 41.0 Å². The van der Waals surface area contributed by atoms with Crippen molar-refractivity contribution in [3.05, 3.63) is 62.1 Å². The van der Waals surface area contributed by atoms with Crippen molar-refractivity contribution >= 4 is 52.3 Å². The number of aliphatic hydroxyl groups is 1. The number of aromatic nitrogens is 2. The molecule has 39 heavy (non-hydrogen) atoms. The first kappa shape index (κ1) is 28.7. The number of nitrogens with one attached hydrogen (secondary N) is 2. The van der Waals surface area contributed by atoms with Gasteiger partial charge in [0.15, 0.2) is 5.76 Å². The van der Waals surface area contributed by atoms with Crippen molar-refractivity contribution in [2.75, 3.05) is 26.2 Å². The Kier molecular flexibility index (Phi) is 9.13. The number of piperidine rings is 2. The lowest BCUT2D eigenvalue weighted by Gasteiger charge is -2.39. The van der Waals surface area contributed by atoms with E-state index in [1.807, 2.05) is 12.1 Å². The summed E-state index contributed by atoms with van der Waals surface area (Å²) in [6.07, 6.45) is 4.76. The van der Waals surface area contributed by atoms with Crippen LogP contribution < -0.4 is 10.6 Å². The van der Waals surface area contributed by atoms with Gasteiger partial charge in [0.2, 0.25) is 5.22 Å². The van der Waals surface area contributed by atoms with E-state index in [2.05, 4.69) is 20.6 Å². The average molecular weight is 615 g/mol. The predicted molar refractivity (Wildman–Crippen MR) is 154 cm³/mol. The van der Waals surface area contributed by atoms with Crippen LogP contribution in [0.3, 0.4) is 0 Å². The molecule has 3 aromatic rings. The van der Waals surface area contributed by atoms with Crippen molar-refractivity contribution in [2.24, 2.45) is 7.05 Å². The average Bonchev–Trinajstić information content (AvgIpc) is 3.46. The number of likely N-dealkylation sites (tertiary alicyclic amines) is 1. The molecule has 0 radical (unpaired) electrons. The summed E-state index contributed by atoms with van der Waals surface area (Å²) in [6, 6.07) is 7.28. The van der Waals surface area contributed by atoms with Crippen molar-refractivity contribution in [3.8, 4) is 11.3 Å². The molecule has 12 heteroatoms. The van der Waals surface area contributed by atoms with Crippen LogP contribution in [0.2, 0.25) is 20.3 Å². The van der Waals surface area contributed by atoms with Gasteiger partial charge in [0.25, 0.3) is 5.91 Å². The minimum absolute atomic E-state index is 0.00886. The van der Waals surface area contributed by atoms with Gasteiger partial charge in [-0.2, -0.15) is 5.10 Å². The highest BCUT2D eigenvalue weighted by molar-refractivity contribution is 6.42. The molecule has 4 heterocycles. The van der Waals surface area contributed by atoms with Crippen LogP contribution in [0.4, 0.5) is 0 Å². The largest absolute Gasteiger partial charge is 0.439 e.